The highest BCUT2D eigenvalue weighted by Gasteiger charge is 2.06. The van der Waals surface area contributed by atoms with Crippen molar-refractivity contribution in [2.75, 3.05) is 12.8 Å². The van der Waals surface area contributed by atoms with Crippen LogP contribution >= 0.6 is 11.8 Å². The lowest BCUT2D eigenvalue weighted by Crippen LogP contribution is -1.87. The molecule has 18 heavy (non-hydrogen) atoms. The summed E-state index contributed by atoms with van der Waals surface area (Å²) in [7, 11) is 1.61. The van der Waals surface area contributed by atoms with Gasteiger partial charge in [0, 0.05) is 15.5 Å². The molecule has 0 aliphatic carbocycles. The van der Waals surface area contributed by atoms with Crippen LogP contribution in [0.4, 0.5) is 5.69 Å². The van der Waals surface area contributed by atoms with Crippen molar-refractivity contribution in [2.24, 2.45) is 0 Å². The molecule has 2 aromatic rings. The molecule has 2 rings (SSSR count). The number of hydrogen-bond acceptors (Lipinski definition) is 4. The number of rotatable bonds is 3. The fourth-order valence-electron chi connectivity index (χ4n) is 1.47. The molecule has 2 N–H and O–H groups in total. The number of hydrogen-bond donors (Lipinski definition) is 1. The highest BCUT2D eigenvalue weighted by Crippen LogP contribution is 2.33. The van der Waals surface area contributed by atoms with Crippen LogP contribution in [0.15, 0.2) is 52.3 Å². The summed E-state index contributed by atoms with van der Waals surface area (Å²) in [6.45, 7) is 0. The van der Waals surface area contributed by atoms with Gasteiger partial charge in [-0.25, -0.2) is 0 Å². The average molecular weight is 256 g/mol. The molecule has 0 aliphatic heterocycles. The van der Waals surface area contributed by atoms with E-state index in [1.165, 1.54) is 11.8 Å². The van der Waals surface area contributed by atoms with Crippen LogP contribution in [0.1, 0.15) is 5.56 Å². The Morgan fingerprint density at radius 3 is 2.50 bits per heavy atom. The van der Waals surface area contributed by atoms with Crippen LogP contribution in [-0.4, -0.2) is 7.11 Å². The number of ether oxygens (including phenoxy) is 1. The van der Waals surface area contributed by atoms with E-state index >= 15 is 0 Å². The molecule has 3 nitrogen and oxygen atoms in total. The number of benzene rings is 2. The Morgan fingerprint density at radius 1 is 1.17 bits per heavy atom. The zero-order chi connectivity index (χ0) is 13.0. The monoisotopic (exact) mass is 256 g/mol. The first-order valence-corrected chi connectivity index (χ1v) is 6.16. The Labute approximate surface area is 110 Å². The van der Waals surface area contributed by atoms with Gasteiger partial charge in [0.1, 0.15) is 11.8 Å². The number of nitrogen functional groups attached to an aromatic ring is 1. The molecule has 0 bridgehead atoms. The van der Waals surface area contributed by atoms with Gasteiger partial charge in [0.25, 0.3) is 0 Å². The minimum atomic E-state index is 0.637. The molecule has 0 radical (unpaired) electrons. The maximum atomic E-state index is 9.08. The van der Waals surface area contributed by atoms with E-state index in [9.17, 15) is 0 Å². The van der Waals surface area contributed by atoms with Gasteiger partial charge in [0.15, 0.2) is 0 Å². The quantitative estimate of drug-likeness (QED) is 0.856. The minimum absolute atomic E-state index is 0.637. The summed E-state index contributed by atoms with van der Waals surface area (Å²) in [5, 5.41) is 9.08. The fourth-order valence-corrected chi connectivity index (χ4v) is 2.39. The Hall–Kier alpha value is -2.12. The first-order valence-electron chi connectivity index (χ1n) is 5.34. The fraction of sp³-hybridized carbons (Fsp3) is 0.0714. The Kier molecular flexibility index (Phi) is 3.75. The van der Waals surface area contributed by atoms with Crippen molar-refractivity contribution in [3.63, 3.8) is 0 Å². The standard InChI is InChI=1S/C14H12N2OS/c1-17-12-5-2-10(9-15)14(8-12)18-13-6-3-11(16)4-7-13/h2-8H,16H2,1H3. The van der Waals surface area contributed by atoms with Gasteiger partial charge in [0.05, 0.1) is 12.7 Å². The molecular weight excluding hydrogens is 244 g/mol. The van der Waals surface area contributed by atoms with Crippen LogP contribution in [0.5, 0.6) is 5.75 Å². The molecule has 90 valence electrons. The Bertz CT molecular complexity index is 588. The van der Waals surface area contributed by atoms with Crippen molar-refractivity contribution < 1.29 is 4.74 Å². The van der Waals surface area contributed by atoms with Crippen LogP contribution in [0.2, 0.25) is 0 Å². The number of methoxy groups -OCH3 is 1. The lowest BCUT2D eigenvalue weighted by Gasteiger charge is -2.06. The van der Waals surface area contributed by atoms with Crippen molar-refractivity contribution >= 4 is 17.4 Å². The molecule has 0 fully saturated rings. The van der Waals surface area contributed by atoms with Crippen molar-refractivity contribution in [3.8, 4) is 11.8 Å². The van der Waals surface area contributed by atoms with Gasteiger partial charge in [-0.1, -0.05) is 11.8 Å². The Balaban J connectivity index is 2.32. The lowest BCUT2D eigenvalue weighted by molar-refractivity contribution is 0.413. The van der Waals surface area contributed by atoms with Crippen LogP contribution in [0.25, 0.3) is 0 Å². The van der Waals surface area contributed by atoms with E-state index in [-0.39, 0.29) is 0 Å². The van der Waals surface area contributed by atoms with Gasteiger partial charge in [0.2, 0.25) is 0 Å². The van der Waals surface area contributed by atoms with E-state index < -0.39 is 0 Å². The molecular formula is C14H12N2OS. The second kappa shape index (κ2) is 5.48. The largest absolute Gasteiger partial charge is 0.497 e. The van der Waals surface area contributed by atoms with Gasteiger partial charge in [-0.05, 0) is 42.5 Å². The second-order valence-corrected chi connectivity index (χ2v) is 4.76. The van der Waals surface area contributed by atoms with E-state index in [1.807, 2.05) is 30.3 Å². The first-order chi connectivity index (χ1) is 8.72. The molecule has 0 aliphatic rings. The van der Waals surface area contributed by atoms with Crippen LogP contribution in [0, 0.1) is 11.3 Å². The summed E-state index contributed by atoms with van der Waals surface area (Å²) in [5.74, 6) is 0.743. The highest BCUT2D eigenvalue weighted by atomic mass is 32.2. The predicted octanol–water partition coefficient (Wildman–Crippen LogP) is 3.30. The zero-order valence-corrected chi connectivity index (χ0v) is 10.7. The van der Waals surface area contributed by atoms with Gasteiger partial charge < -0.3 is 10.5 Å². The van der Waals surface area contributed by atoms with Crippen LogP contribution in [0.3, 0.4) is 0 Å². The molecule has 0 atom stereocenters. The zero-order valence-electron chi connectivity index (χ0n) is 9.88. The van der Waals surface area contributed by atoms with Gasteiger partial charge in [-0.3, -0.25) is 0 Å². The van der Waals surface area contributed by atoms with E-state index in [0.29, 0.717) is 5.56 Å². The summed E-state index contributed by atoms with van der Waals surface area (Å²) in [6.07, 6.45) is 0. The number of nitrogens with two attached hydrogens (primary N) is 1. The molecule has 0 saturated heterocycles. The molecule has 0 heterocycles. The van der Waals surface area contributed by atoms with Crippen molar-refractivity contribution in [2.45, 2.75) is 9.79 Å². The third-order valence-corrected chi connectivity index (χ3v) is 3.48. The number of anilines is 1. The van der Waals surface area contributed by atoms with Gasteiger partial charge in [-0.15, -0.1) is 0 Å². The van der Waals surface area contributed by atoms with Gasteiger partial charge in [-0.2, -0.15) is 5.26 Å². The second-order valence-electron chi connectivity index (χ2n) is 3.64. The van der Waals surface area contributed by atoms with E-state index in [2.05, 4.69) is 6.07 Å². The highest BCUT2D eigenvalue weighted by molar-refractivity contribution is 7.99. The molecule has 0 saturated carbocycles. The van der Waals surface area contributed by atoms with Gasteiger partial charge >= 0.3 is 0 Å². The van der Waals surface area contributed by atoms with Crippen molar-refractivity contribution in [1.82, 2.24) is 0 Å². The first kappa shape index (κ1) is 12.3. The normalized spacial score (nSPS) is 9.78. The van der Waals surface area contributed by atoms with E-state index in [0.717, 1.165) is 21.2 Å². The van der Waals surface area contributed by atoms with E-state index in [1.54, 1.807) is 19.2 Å². The molecule has 0 spiro atoms. The third kappa shape index (κ3) is 2.76. The van der Waals surface area contributed by atoms with Crippen molar-refractivity contribution in [1.29, 1.82) is 5.26 Å². The molecule has 0 amide bonds. The third-order valence-electron chi connectivity index (χ3n) is 2.42. The van der Waals surface area contributed by atoms with Crippen molar-refractivity contribution in [3.05, 3.63) is 48.0 Å². The number of nitrogens with zero attached hydrogens (tertiary/aromatic N) is 1. The lowest BCUT2D eigenvalue weighted by atomic mass is 10.2. The average Bonchev–Trinajstić information content (AvgIpc) is 2.41. The maximum Gasteiger partial charge on any atom is 0.120 e. The van der Waals surface area contributed by atoms with Crippen LogP contribution < -0.4 is 10.5 Å². The molecule has 4 heteroatoms. The number of nitriles is 1. The smallest absolute Gasteiger partial charge is 0.120 e. The molecule has 2 aromatic carbocycles. The Morgan fingerprint density at radius 2 is 1.89 bits per heavy atom. The molecule has 0 aromatic heterocycles. The maximum absolute atomic E-state index is 9.08. The summed E-state index contributed by atoms with van der Waals surface area (Å²) < 4.78 is 5.17. The predicted molar refractivity (Wildman–Crippen MR) is 72.7 cm³/mol. The summed E-state index contributed by atoms with van der Waals surface area (Å²) in [4.78, 5) is 1.91. The summed E-state index contributed by atoms with van der Waals surface area (Å²) in [5.41, 5.74) is 7.00. The summed E-state index contributed by atoms with van der Waals surface area (Å²) >= 11 is 1.52. The summed E-state index contributed by atoms with van der Waals surface area (Å²) in [6, 6.07) is 15.1. The molecule has 0 unspecified atom stereocenters. The topological polar surface area (TPSA) is 59.0 Å². The minimum Gasteiger partial charge on any atom is -0.497 e. The SMILES string of the molecule is COc1ccc(C#N)c(Sc2ccc(N)cc2)c1. The van der Waals surface area contributed by atoms with Crippen LogP contribution in [-0.2, 0) is 0 Å². The van der Waals surface area contributed by atoms with E-state index in [4.69, 9.17) is 15.7 Å².